The molecule has 2 rings (SSSR count). The van der Waals surface area contributed by atoms with Crippen LogP contribution in [0.4, 0.5) is 11.6 Å². The maximum atomic E-state index is 5.84. The Bertz CT molecular complexity index is 549. The third-order valence-electron chi connectivity index (χ3n) is 2.66. The van der Waals surface area contributed by atoms with E-state index in [4.69, 9.17) is 10.3 Å². The zero-order valence-electron chi connectivity index (χ0n) is 10.8. The SMILES string of the molecule is CCc1nc(N)c(C)c(NCc2cc(C)on2)n1. The van der Waals surface area contributed by atoms with Crippen LogP contribution in [0.15, 0.2) is 10.6 Å². The molecule has 0 aliphatic carbocycles. The van der Waals surface area contributed by atoms with Gasteiger partial charge in [-0.25, -0.2) is 9.97 Å². The molecule has 6 nitrogen and oxygen atoms in total. The van der Waals surface area contributed by atoms with E-state index in [9.17, 15) is 0 Å². The van der Waals surface area contributed by atoms with Crippen LogP contribution >= 0.6 is 0 Å². The first-order chi connectivity index (χ1) is 8.60. The quantitative estimate of drug-likeness (QED) is 0.856. The Morgan fingerprint density at radius 2 is 2.11 bits per heavy atom. The molecule has 0 saturated heterocycles. The van der Waals surface area contributed by atoms with Crippen LogP contribution in [-0.2, 0) is 13.0 Å². The number of nitrogens with one attached hydrogen (secondary N) is 1. The summed E-state index contributed by atoms with van der Waals surface area (Å²) in [5.41, 5.74) is 7.53. The van der Waals surface area contributed by atoms with Crippen LogP contribution in [0.25, 0.3) is 0 Å². The molecular weight excluding hydrogens is 230 g/mol. The van der Waals surface area contributed by atoms with Gasteiger partial charge in [0.15, 0.2) is 0 Å². The van der Waals surface area contributed by atoms with Gasteiger partial charge in [-0.1, -0.05) is 12.1 Å². The molecule has 3 N–H and O–H groups in total. The molecule has 0 atom stereocenters. The van der Waals surface area contributed by atoms with Crippen molar-refractivity contribution in [1.82, 2.24) is 15.1 Å². The summed E-state index contributed by atoms with van der Waals surface area (Å²) in [6.07, 6.45) is 0.752. The van der Waals surface area contributed by atoms with Gasteiger partial charge in [0.25, 0.3) is 0 Å². The van der Waals surface area contributed by atoms with E-state index in [0.717, 1.165) is 35.1 Å². The van der Waals surface area contributed by atoms with Gasteiger partial charge in [0.2, 0.25) is 0 Å². The highest BCUT2D eigenvalue weighted by Crippen LogP contribution is 2.18. The van der Waals surface area contributed by atoms with Gasteiger partial charge < -0.3 is 15.6 Å². The van der Waals surface area contributed by atoms with Crippen molar-refractivity contribution in [3.05, 3.63) is 28.9 Å². The predicted molar refractivity (Wildman–Crippen MR) is 69.1 cm³/mol. The maximum Gasteiger partial charge on any atom is 0.135 e. The molecule has 0 saturated carbocycles. The Balaban J connectivity index is 2.15. The molecule has 0 fully saturated rings. The van der Waals surface area contributed by atoms with E-state index in [2.05, 4.69) is 20.4 Å². The number of nitrogens with two attached hydrogens (primary N) is 1. The van der Waals surface area contributed by atoms with E-state index in [-0.39, 0.29) is 0 Å². The minimum Gasteiger partial charge on any atom is -0.383 e. The fraction of sp³-hybridized carbons (Fsp3) is 0.417. The molecule has 0 unspecified atom stereocenters. The van der Waals surface area contributed by atoms with Crippen LogP contribution in [0.3, 0.4) is 0 Å². The summed E-state index contributed by atoms with van der Waals surface area (Å²) in [4.78, 5) is 8.62. The topological polar surface area (TPSA) is 89.9 Å². The van der Waals surface area contributed by atoms with Crippen molar-refractivity contribution in [3.8, 4) is 0 Å². The third kappa shape index (κ3) is 2.58. The minimum atomic E-state index is 0.515. The average Bonchev–Trinajstić information content (AvgIpc) is 2.77. The van der Waals surface area contributed by atoms with E-state index < -0.39 is 0 Å². The number of rotatable bonds is 4. The average molecular weight is 247 g/mol. The number of hydrogen-bond donors (Lipinski definition) is 2. The summed E-state index contributed by atoms with van der Waals surface area (Å²) < 4.78 is 5.00. The first-order valence-electron chi connectivity index (χ1n) is 5.89. The molecule has 2 heterocycles. The largest absolute Gasteiger partial charge is 0.383 e. The molecule has 2 aromatic rings. The van der Waals surface area contributed by atoms with E-state index in [1.807, 2.05) is 26.8 Å². The molecule has 0 aliphatic rings. The fourth-order valence-corrected chi connectivity index (χ4v) is 1.59. The lowest BCUT2D eigenvalue weighted by Crippen LogP contribution is -2.09. The number of hydrogen-bond acceptors (Lipinski definition) is 6. The molecule has 2 aromatic heterocycles. The molecule has 6 heteroatoms. The van der Waals surface area contributed by atoms with E-state index in [1.165, 1.54) is 0 Å². The third-order valence-corrected chi connectivity index (χ3v) is 2.66. The Labute approximate surface area is 106 Å². The van der Waals surface area contributed by atoms with Crippen molar-refractivity contribution in [2.24, 2.45) is 0 Å². The molecule has 0 radical (unpaired) electrons. The number of aromatic nitrogens is 3. The number of aryl methyl sites for hydroxylation is 2. The van der Waals surface area contributed by atoms with Gasteiger partial charge in [-0.05, 0) is 13.8 Å². The van der Waals surface area contributed by atoms with Crippen molar-refractivity contribution in [1.29, 1.82) is 0 Å². The Morgan fingerprint density at radius 1 is 1.33 bits per heavy atom. The van der Waals surface area contributed by atoms with Crippen LogP contribution in [0.1, 0.15) is 29.8 Å². The van der Waals surface area contributed by atoms with Gasteiger partial charge in [-0.2, -0.15) is 0 Å². The molecule has 0 spiro atoms. The Hall–Kier alpha value is -2.11. The van der Waals surface area contributed by atoms with Crippen molar-refractivity contribution in [2.45, 2.75) is 33.7 Å². The highest BCUT2D eigenvalue weighted by atomic mass is 16.5. The van der Waals surface area contributed by atoms with Crippen molar-refractivity contribution in [3.63, 3.8) is 0 Å². The highest BCUT2D eigenvalue weighted by molar-refractivity contribution is 5.54. The van der Waals surface area contributed by atoms with Crippen molar-refractivity contribution in [2.75, 3.05) is 11.1 Å². The second-order valence-corrected chi connectivity index (χ2v) is 4.13. The summed E-state index contributed by atoms with van der Waals surface area (Å²) in [5.74, 6) is 2.79. The Kier molecular flexibility index (Phi) is 3.45. The second-order valence-electron chi connectivity index (χ2n) is 4.13. The van der Waals surface area contributed by atoms with Gasteiger partial charge >= 0.3 is 0 Å². The van der Waals surface area contributed by atoms with E-state index >= 15 is 0 Å². The summed E-state index contributed by atoms with van der Waals surface area (Å²) in [6, 6.07) is 1.88. The van der Waals surface area contributed by atoms with Crippen LogP contribution in [0.5, 0.6) is 0 Å². The summed E-state index contributed by atoms with van der Waals surface area (Å²) in [6.45, 7) is 6.30. The summed E-state index contributed by atoms with van der Waals surface area (Å²) in [5, 5.41) is 7.12. The molecule has 96 valence electrons. The minimum absolute atomic E-state index is 0.515. The smallest absolute Gasteiger partial charge is 0.135 e. The Morgan fingerprint density at radius 3 is 2.72 bits per heavy atom. The lowest BCUT2D eigenvalue weighted by Gasteiger charge is -2.10. The first kappa shape index (κ1) is 12.3. The van der Waals surface area contributed by atoms with E-state index in [1.54, 1.807) is 0 Å². The lowest BCUT2D eigenvalue weighted by molar-refractivity contribution is 0.391. The standard InChI is InChI=1S/C12H17N5O/c1-4-10-15-11(13)8(3)12(16-10)14-6-9-5-7(2)18-17-9/h5H,4,6H2,1-3H3,(H3,13,14,15,16). The van der Waals surface area contributed by atoms with E-state index in [0.29, 0.717) is 12.4 Å². The molecular formula is C12H17N5O. The maximum absolute atomic E-state index is 5.84. The van der Waals surface area contributed by atoms with Crippen molar-refractivity contribution >= 4 is 11.6 Å². The van der Waals surface area contributed by atoms with Crippen LogP contribution < -0.4 is 11.1 Å². The van der Waals surface area contributed by atoms with Crippen LogP contribution in [-0.4, -0.2) is 15.1 Å². The zero-order chi connectivity index (χ0) is 13.1. The zero-order valence-corrected chi connectivity index (χ0v) is 10.8. The molecule has 0 amide bonds. The first-order valence-corrected chi connectivity index (χ1v) is 5.89. The van der Waals surface area contributed by atoms with Crippen LogP contribution in [0.2, 0.25) is 0 Å². The summed E-state index contributed by atoms with van der Waals surface area (Å²) in [7, 11) is 0. The number of nitrogen functional groups attached to an aromatic ring is 1. The van der Waals surface area contributed by atoms with Gasteiger partial charge in [0.1, 0.15) is 28.9 Å². The van der Waals surface area contributed by atoms with Gasteiger partial charge in [0.05, 0.1) is 6.54 Å². The molecule has 0 aliphatic heterocycles. The fourth-order valence-electron chi connectivity index (χ4n) is 1.59. The summed E-state index contributed by atoms with van der Waals surface area (Å²) >= 11 is 0. The molecule has 18 heavy (non-hydrogen) atoms. The van der Waals surface area contributed by atoms with Crippen molar-refractivity contribution < 1.29 is 4.52 Å². The predicted octanol–water partition coefficient (Wildman–Crippen LogP) is 1.84. The van der Waals surface area contributed by atoms with Gasteiger partial charge in [-0.3, -0.25) is 0 Å². The second kappa shape index (κ2) is 5.03. The van der Waals surface area contributed by atoms with Gasteiger partial charge in [0, 0.05) is 18.1 Å². The highest BCUT2D eigenvalue weighted by Gasteiger charge is 2.08. The molecule has 0 aromatic carbocycles. The molecule has 0 bridgehead atoms. The lowest BCUT2D eigenvalue weighted by atomic mass is 10.3. The number of nitrogens with zero attached hydrogens (tertiary/aromatic N) is 3. The van der Waals surface area contributed by atoms with Crippen LogP contribution in [0, 0.1) is 13.8 Å². The normalized spacial score (nSPS) is 10.6. The number of anilines is 2. The monoisotopic (exact) mass is 247 g/mol. The van der Waals surface area contributed by atoms with Gasteiger partial charge in [-0.15, -0.1) is 0 Å².